The molecule has 3 rings (SSSR count). The van der Waals surface area contributed by atoms with Crippen LogP contribution in [0, 0.1) is 11.8 Å². The van der Waals surface area contributed by atoms with Gasteiger partial charge in [0, 0.05) is 51.5 Å². The van der Waals surface area contributed by atoms with E-state index in [1.807, 2.05) is 0 Å². The minimum absolute atomic E-state index is 0.668. The Labute approximate surface area is 123 Å². The molecule has 0 bridgehead atoms. The van der Waals surface area contributed by atoms with Crippen LogP contribution in [0.5, 0.6) is 0 Å². The second-order valence-corrected chi connectivity index (χ2v) is 7.07. The summed E-state index contributed by atoms with van der Waals surface area (Å²) in [5.41, 5.74) is 0. The van der Waals surface area contributed by atoms with Crippen molar-refractivity contribution in [1.29, 1.82) is 0 Å². The summed E-state index contributed by atoms with van der Waals surface area (Å²) in [7, 11) is 0. The summed E-state index contributed by atoms with van der Waals surface area (Å²) < 4.78 is 11.0. The maximum Gasteiger partial charge on any atom is 0.0507 e. The molecule has 0 spiro atoms. The quantitative estimate of drug-likeness (QED) is 0.779. The average molecular weight is 282 g/mol. The molecule has 4 atom stereocenters. The highest BCUT2D eigenvalue weighted by Gasteiger charge is 2.33. The van der Waals surface area contributed by atoms with Gasteiger partial charge in [0.05, 0.1) is 13.2 Å². The van der Waals surface area contributed by atoms with Gasteiger partial charge < -0.3 is 9.47 Å². The van der Waals surface area contributed by atoms with Crippen molar-refractivity contribution in [3.63, 3.8) is 0 Å². The van der Waals surface area contributed by atoms with Gasteiger partial charge in [0.1, 0.15) is 0 Å². The Kier molecular flexibility index (Phi) is 4.97. The Bertz CT molecular complexity index is 289. The first-order valence-corrected chi connectivity index (χ1v) is 8.36. The molecule has 0 aromatic rings. The molecule has 0 radical (unpaired) electrons. The van der Waals surface area contributed by atoms with Gasteiger partial charge >= 0.3 is 0 Å². The second kappa shape index (κ2) is 6.73. The highest BCUT2D eigenvalue weighted by Crippen LogP contribution is 2.23. The third kappa shape index (κ3) is 3.53. The van der Waals surface area contributed by atoms with Crippen LogP contribution < -0.4 is 0 Å². The Morgan fingerprint density at radius 2 is 1.40 bits per heavy atom. The Balaban J connectivity index is 1.49. The third-order valence-corrected chi connectivity index (χ3v) is 5.21. The second-order valence-electron chi connectivity index (χ2n) is 7.07. The summed E-state index contributed by atoms with van der Waals surface area (Å²) in [6.07, 6.45) is 2.50. The molecule has 0 amide bonds. The number of hydrogen-bond donors (Lipinski definition) is 0. The van der Waals surface area contributed by atoms with Crippen LogP contribution in [-0.4, -0.2) is 74.5 Å². The number of ether oxygens (including phenoxy) is 2. The van der Waals surface area contributed by atoms with Crippen LogP contribution in [0.2, 0.25) is 0 Å². The molecule has 3 fully saturated rings. The summed E-state index contributed by atoms with van der Waals surface area (Å²) in [5, 5.41) is 0. The van der Waals surface area contributed by atoms with Crippen molar-refractivity contribution < 1.29 is 9.47 Å². The normalized spacial score (nSPS) is 40.5. The van der Waals surface area contributed by atoms with Crippen molar-refractivity contribution >= 4 is 0 Å². The van der Waals surface area contributed by atoms with Crippen molar-refractivity contribution in [2.45, 2.75) is 38.8 Å². The van der Waals surface area contributed by atoms with E-state index in [9.17, 15) is 0 Å². The van der Waals surface area contributed by atoms with E-state index in [2.05, 4.69) is 23.6 Å². The van der Waals surface area contributed by atoms with E-state index in [1.54, 1.807) is 0 Å². The molecule has 116 valence electrons. The Morgan fingerprint density at radius 3 is 1.90 bits per heavy atom. The topological polar surface area (TPSA) is 24.9 Å². The molecule has 3 aliphatic rings. The van der Waals surface area contributed by atoms with Crippen molar-refractivity contribution in [2.75, 3.05) is 52.6 Å². The molecule has 20 heavy (non-hydrogen) atoms. The summed E-state index contributed by atoms with van der Waals surface area (Å²) >= 11 is 0. The maximum atomic E-state index is 5.53. The number of rotatable bonds is 4. The third-order valence-electron chi connectivity index (χ3n) is 5.21. The van der Waals surface area contributed by atoms with E-state index in [-0.39, 0.29) is 0 Å². The molecule has 0 aromatic heterocycles. The van der Waals surface area contributed by atoms with Crippen LogP contribution in [0.4, 0.5) is 0 Å². The van der Waals surface area contributed by atoms with Gasteiger partial charge in [-0.2, -0.15) is 0 Å². The largest absolute Gasteiger partial charge is 0.381 e. The van der Waals surface area contributed by atoms with Crippen molar-refractivity contribution in [3.8, 4) is 0 Å². The molecule has 3 aliphatic heterocycles. The van der Waals surface area contributed by atoms with Crippen molar-refractivity contribution in [3.05, 3.63) is 0 Å². The lowest BCUT2D eigenvalue weighted by atomic mass is 10.0. The summed E-state index contributed by atoms with van der Waals surface area (Å²) in [4.78, 5) is 5.37. The van der Waals surface area contributed by atoms with Gasteiger partial charge in [-0.3, -0.25) is 9.80 Å². The number of piperazine rings is 1. The molecule has 3 heterocycles. The van der Waals surface area contributed by atoms with E-state index < -0.39 is 0 Å². The zero-order valence-electron chi connectivity index (χ0n) is 13.1. The monoisotopic (exact) mass is 282 g/mol. The van der Waals surface area contributed by atoms with E-state index in [4.69, 9.17) is 9.47 Å². The molecular weight excluding hydrogens is 252 g/mol. The van der Waals surface area contributed by atoms with Crippen molar-refractivity contribution in [1.82, 2.24) is 9.80 Å². The molecule has 4 heteroatoms. The fourth-order valence-corrected chi connectivity index (χ4v) is 4.09. The van der Waals surface area contributed by atoms with Gasteiger partial charge in [-0.15, -0.1) is 0 Å². The van der Waals surface area contributed by atoms with Gasteiger partial charge in [0.15, 0.2) is 0 Å². The Morgan fingerprint density at radius 1 is 0.850 bits per heavy atom. The summed E-state index contributed by atoms with van der Waals surface area (Å²) in [6.45, 7) is 13.6. The minimum atomic E-state index is 0.668. The summed E-state index contributed by atoms with van der Waals surface area (Å²) in [6, 6.07) is 1.34. The first kappa shape index (κ1) is 14.8. The number of hydrogen-bond acceptors (Lipinski definition) is 4. The van der Waals surface area contributed by atoms with Gasteiger partial charge in [-0.05, 0) is 38.5 Å². The SMILES string of the molecule is C[C@@H]1CN(C[C@H]2CCOC2)C[C@H](C)N1C[C@@H]1CCOC1. The van der Waals surface area contributed by atoms with Crippen LogP contribution in [-0.2, 0) is 9.47 Å². The lowest BCUT2D eigenvalue weighted by molar-refractivity contribution is 0.0186. The summed E-state index contributed by atoms with van der Waals surface area (Å²) in [5.74, 6) is 1.53. The first-order chi connectivity index (χ1) is 9.72. The first-order valence-electron chi connectivity index (χ1n) is 8.36. The lowest BCUT2D eigenvalue weighted by Crippen LogP contribution is -2.58. The molecule has 0 unspecified atom stereocenters. The fraction of sp³-hybridized carbons (Fsp3) is 1.00. The lowest BCUT2D eigenvalue weighted by Gasteiger charge is -2.46. The van der Waals surface area contributed by atoms with E-state index in [0.29, 0.717) is 12.1 Å². The molecule has 0 aromatic carbocycles. The van der Waals surface area contributed by atoms with Gasteiger partial charge in [0.2, 0.25) is 0 Å². The zero-order chi connectivity index (χ0) is 13.9. The molecule has 3 saturated heterocycles. The van der Waals surface area contributed by atoms with Gasteiger partial charge in [0.25, 0.3) is 0 Å². The Hall–Kier alpha value is -0.160. The zero-order valence-corrected chi connectivity index (χ0v) is 13.1. The van der Waals surface area contributed by atoms with Gasteiger partial charge in [-0.1, -0.05) is 0 Å². The van der Waals surface area contributed by atoms with Crippen LogP contribution >= 0.6 is 0 Å². The van der Waals surface area contributed by atoms with E-state index >= 15 is 0 Å². The van der Waals surface area contributed by atoms with E-state index in [1.165, 1.54) is 39.0 Å². The molecule has 0 aliphatic carbocycles. The molecule has 4 nitrogen and oxygen atoms in total. The highest BCUT2D eigenvalue weighted by molar-refractivity contribution is 4.87. The number of nitrogens with zero attached hydrogens (tertiary/aromatic N) is 2. The van der Waals surface area contributed by atoms with E-state index in [0.717, 1.165) is 38.3 Å². The van der Waals surface area contributed by atoms with Crippen LogP contribution in [0.25, 0.3) is 0 Å². The van der Waals surface area contributed by atoms with Crippen LogP contribution in [0.15, 0.2) is 0 Å². The van der Waals surface area contributed by atoms with Gasteiger partial charge in [-0.25, -0.2) is 0 Å². The van der Waals surface area contributed by atoms with Crippen LogP contribution in [0.1, 0.15) is 26.7 Å². The molecule has 0 N–H and O–H groups in total. The predicted octanol–water partition coefficient (Wildman–Crippen LogP) is 1.45. The smallest absolute Gasteiger partial charge is 0.0507 e. The highest BCUT2D eigenvalue weighted by atomic mass is 16.5. The standard InChI is InChI=1S/C16H30N2O2/c1-13-7-17(9-15-3-5-19-11-15)8-14(2)18(13)10-16-4-6-20-12-16/h13-16H,3-12H2,1-2H3/t13-,14+,15-,16+/m1/s1. The van der Waals surface area contributed by atoms with Crippen molar-refractivity contribution in [2.24, 2.45) is 11.8 Å². The fourth-order valence-electron chi connectivity index (χ4n) is 4.09. The molecule has 0 saturated carbocycles. The predicted molar refractivity (Wildman–Crippen MR) is 79.9 cm³/mol. The minimum Gasteiger partial charge on any atom is -0.381 e. The average Bonchev–Trinajstić information content (AvgIpc) is 3.06. The molecular formula is C16H30N2O2. The van der Waals surface area contributed by atoms with Crippen LogP contribution in [0.3, 0.4) is 0 Å². The maximum absolute atomic E-state index is 5.53.